The van der Waals surface area contributed by atoms with E-state index in [0.29, 0.717) is 11.9 Å². The molecule has 1 aromatic rings. The number of aromatic hydroxyl groups is 1. The SMILES string of the molecule is CCOC1CCCN(Cc2ccccc2O)C1. The molecule has 3 nitrogen and oxygen atoms in total. The fraction of sp³-hybridized carbons (Fsp3) is 0.571. The van der Waals surface area contributed by atoms with Crippen molar-refractivity contribution < 1.29 is 9.84 Å². The number of para-hydroxylation sites is 1. The molecule has 0 radical (unpaired) electrons. The van der Waals surface area contributed by atoms with Crippen molar-refractivity contribution in [3.05, 3.63) is 29.8 Å². The summed E-state index contributed by atoms with van der Waals surface area (Å²) >= 11 is 0. The van der Waals surface area contributed by atoms with E-state index < -0.39 is 0 Å². The van der Waals surface area contributed by atoms with Crippen molar-refractivity contribution in [2.75, 3.05) is 19.7 Å². The first-order chi connectivity index (χ1) is 8.29. The second-order valence-electron chi connectivity index (χ2n) is 4.58. The van der Waals surface area contributed by atoms with Crippen LogP contribution in [0.4, 0.5) is 0 Å². The molecule has 0 aromatic heterocycles. The van der Waals surface area contributed by atoms with Gasteiger partial charge in [-0.15, -0.1) is 0 Å². The topological polar surface area (TPSA) is 32.7 Å². The van der Waals surface area contributed by atoms with Crippen LogP contribution in [0.3, 0.4) is 0 Å². The highest BCUT2D eigenvalue weighted by Crippen LogP contribution is 2.21. The molecule has 0 spiro atoms. The Balaban J connectivity index is 1.92. The number of likely N-dealkylation sites (tertiary alicyclic amines) is 1. The number of piperidine rings is 1. The Bertz CT molecular complexity index is 352. The lowest BCUT2D eigenvalue weighted by Crippen LogP contribution is -2.39. The third-order valence-electron chi connectivity index (χ3n) is 3.25. The van der Waals surface area contributed by atoms with Crippen molar-refractivity contribution in [3.8, 4) is 5.75 Å². The van der Waals surface area contributed by atoms with Gasteiger partial charge in [0.1, 0.15) is 5.75 Å². The van der Waals surface area contributed by atoms with E-state index in [1.54, 1.807) is 6.07 Å². The smallest absolute Gasteiger partial charge is 0.120 e. The Morgan fingerprint density at radius 1 is 1.41 bits per heavy atom. The molecule has 1 N–H and O–H groups in total. The van der Waals surface area contributed by atoms with E-state index in [1.807, 2.05) is 25.1 Å². The van der Waals surface area contributed by atoms with Crippen molar-refractivity contribution >= 4 is 0 Å². The maximum absolute atomic E-state index is 9.75. The third kappa shape index (κ3) is 3.45. The summed E-state index contributed by atoms with van der Waals surface area (Å²) in [6, 6.07) is 7.57. The molecule has 0 saturated carbocycles. The van der Waals surface area contributed by atoms with E-state index in [-0.39, 0.29) is 0 Å². The molecule has 2 rings (SSSR count). The zero-order valence-electron chi connectivity index (χ0n) is 10.4. The first-order valence-electron chi connectivity index (χ1n) is 6.40. The van der Waals surface area contributed by atoms with Gasteiger partial charge in [-0.25, -0.2) is 0 Å². The van der Waals surface area contributed by atoms with Gasteiger partial charge in [0, 0.05) is 25.3 Å². The molecule has 0 aliphatic carbocycles. The maximum Gasteiger partial charge on any atom is 0.120 e. The van der Waals surface area contributed by atoms with Gasteiger partial charge in [0.25, 0.3) is 0 Å². The van der Waals surface area contributed by atoms with Gasteiger partial charge in [-0.1, -0.05) is 18.2 Å². The monoisotopic (exact) mass is 235 g/mol. The predicted octanol–water partition coefficient (Wildman–Crippen LogP) is 2.39. The summed E-state index contributed by atoms with van der Waals surface area (Å²) in [5.74, 6) is 0.394. The summed E-state index contributed by atoms with van der Waals surface area (Å²) < 4.78 is 5.68. The number of hydrogen-bond donors (Lipinski definition) is 1. The molecule has 3 heteroatoms. The molecule has 1 fully saturated rings. The first kappa shape index (κ1) is 12.4. The Kier molecular flexibility index (Phi) is 4.40. The van der Waals surface area contributed by atoms with Crippen molar-refractivity contribution in [1.29, 1.82) is 0 Å². The quantitative estimate of drug-likeness (QED) is 0.869. The summed E-state index contributed by atoms with van der Waals surface area (Å²) in [5, 5.41) is 9.75. The number of nitrogens with zero attached hydrogens (tertiary/aromatic N) is 1. The van der Waals surface area contributed by atoms with E-state index in [0.717, 1.165) is 38.2 Å². The van der Waals surface area contributed by atoms with Crippen LogP contribution in [0.5, 0.6) is 5.75 Å². The Morgan fingerprint density at radius 3 is 3.00 bits per heavy atom. The van der Waals surface area contributed by atoms with Crippen LogP contribution in [0.1, 0.15) is 25.3 Å². The molecular weight excluding hydrogens is 214 g/mol. The van der Waals surface area contributed by atoms with Gasteiger partial charge < -0.3 is 9.84 Å². The number of rotatable bonds is 4. The molecular formula is C14H21NO2. The highest BCUT2D eigenvalue weighted by atomic mass is 16.5. The first-order valence-corrected chi connectivity index (χ1v) is 6.40. The Labute approximate surface area is 103 Å². The summed E-state index contributed by atoms with van der Waals surface area (Å²) in [6.07, 6.45) is 2.70. The Hall–Kier alpha value is -1.06. The lowest BCUT2D eigenvalue weighted by molar-refractivity contribution is 0.00346. The predicted molar refractivity (Wildman–Crippen MR) is 68.0 cm³/mol. The highest BCUT2D eigenvalue weighted by Gasteiger charge is 2.20. The van der Waals surface area contributed by atoms with Crippen LogP contribution in [-0.2, 0) is 11.3 Å². The van der Waals surface area contributed by atoms with Crippen molar-refractivity contribution in [3.63, 3.8) is 0 Å². The van der Waals surface area contributed by atoms with Gasteiger partial charge in [-0.3, -0.25) is 4.90 Å². The number of phenolic OH excluding ortho intramolecular Hbond substituents is 1. The molecule has 0 bridgehead atoms. The molecule has 1 saturated heterocycles. The standard InChI is InChI=1S/C14H21NO2/c1-2-17-13-7-5-9-15(11-13)10-12-6-3-4-8-14(12)16/h3-4,6,8,13,16H,2,5,7,9-11H2,1H3. The number of phenols is 1. The molecule has 94 valence electrons. The Morgan fingerprint density at radius 2 is 2.24 bits per heavy atom. The summed E-state index contributed by atoms with van der Waals surface area (Å²) in [5.41, 5.74) is 1.00. The van der Waals surface area contributed by atoms with Crippen LogP contribution >= 0.6 is 0 Å². The van der Waals surface area contributed by atoms with Crippen molar-refractivity contribution in [1.82, 2.24) is 4.90 Å². The second kappa shape index (κ2) is 6.03. The van der Waals surface area contributed by atoms with Crippen molar-refractivity contribution in [2.45, 2.75) is 32.4 Å². The largest absolute Gasteiger partial charge is 0.508 e. The molecule has 1 atom stereocenters. The third-order valence-corrected chi connectivity index (χ3v) is 3.25. The fourth-order valence-electron chi connectivity index (χ4n) is 2.41. The molecule has 1 aliphatic heterocycles. The fourth-order valence-corrected chi connectivity index (χ4v) is 2.41. The summed E-state index contributed by atoms with van der Waals surface area (Å²) in [6.45, 7) is 5.72. The lowest BCUT2D eigenvalue weighted by Gasteiger charge is -2.32. The van der Waals surface area contributed by atoms with Crippen LogP contribution in [0.2, 0.25) is 0 Å². The average molecular weight is 235 g/mol. The van der Waals surface area contributed by atoms with E-state index in [2.05, 4.69) is 4.90 Å². The van der Waals surface area contributed by atoms with E-state index in [1.165, 1.54) is 6.42 Å². The van der Waals surface area contributed by atoms with Gasteiger partial charge in [0.05, 0.1) is 6.10 Å². The molecule has 1 heterocycles. The van der Waals surface area contributed by atoms with Crippen LogP contribution in [-0.4, -0.2) is 35.8 Å². The number of ether oxygens (including phenoxy) is 1. The van der Waals surface area contributed by atoms with E-state index in [4.69, 9.17) is 4.74 Å². The normalized spacial score (nSPS) is 21.6. The van der Waals surface area contributed by atoms with E-state index in [9.17, 15) is 5.11 Å². The lowest BCUT2D eigenvalue weighted by atomic mass is 10.1. The minimum atomic E-state index is 0.361. The summed E-state index contributed by atoms with van der Waals surface area (Å²) in [4.78, 5) is 2.36. The average Bonchev–Trinajstić information content (AvgIpc) is 2.33. The van der Waals surface area contributed by atoms with Crippen LogP contribution in [0.15, 0.2) is 24.3 Å². The van der Waals surface area contributed by atoms with Gasteiger partial charge in [-0.05, 0) is 32.4 Å². The van der Waals surface area contributed by atoms with Crippen LogP contribution in [0.25, 0.3) is 0 Å². The van der Waals surface area contributed by atoms with Gasteiger partial charge in [0.15, 0.2) is 0 Å². The molecule has 0 amide bonds. The van der Waals surface area contributed by atoms with Crippen LogP contribution < -0.4 is 0 Å². The van der Waals surface area contributed by atoms with Crippen LogP contribution in [0, 0.1) is 0 Å². The summed E-state index contributed by atoms with van der Waals surface area (Å²) in [7, 11) is 0. The molecule has 1 unspecified atom stereocenters. The molecule has 1 aliphatic rings. The van der Waals surface area contributed by atoms with Gasteiger partial charge in [-0.2, -0.15) is 0 Å². The highest BCUT2D eigenvalue weighted by molar-refractivity contribution is 5.31. The minimum Gasteiger partial charge on any atom is -0.508 e. The second-order valence-corrected chi connectivity index (χ2v) is 4.58. The maximum atomic E-state index is 9.75. The molecule has 17 heavy (non-hydrogen) atoms. The van der Waals surface area contributed by atoms with Gasteiger partial charge >= 0.3 is 0 Å². The number of hydrogen-bond acceptors (Lipinski definition) is 3. The zero-order chi connectivity index (χ0) is 12.1. The zero-order valence-corrected chi connectivity index (χ0v) is 10.4. The van der Waals surface area contributed by atoms with Crippen molar-refractivity contribution in [2.24, 2.45) is 0 Å². The molecule has 1 aromatic carbocycles. The van der Waals surface area contributed by atoms with Gasteiger partial charge in [0.2, 0.25) is 0 Å². The number of benzene rings is 1. The van der Waals surface area contributed by atoms with E-state index >= 15 is 0 Å². The minimum absolute atomic E-state index is 0.361.